The van der Waals surface area contributed by atoms with Crippen molar-refractivity contribution < 1.29 is 14.7 Å². The molecule has 0 aliphatic carbocycles. The minimum atomic E-state index is -1.24. The van der Waals surface area contributed by atoms with Crippen LogP contribution in [0.4, 0.5) is 5.13 Å². The van der Waals surface area contributed by atoms with Gasteiger partial charge in [-0.1, -0.05) is 25.2 Å². The van der Waals surface area contributed by atoms with E-state index < -0.39 is 17.4 Å². The molecule has 0 radical (unpaired) electrons. The van der Waals surface area contributed by atoms with Gasteiger partial charge in [-0.15, -0.1) is 0 Å². The number of nitrogens with two attached hydrogens (primary N) is 1. The molecule has 0 unspecified atom stereocenters. The molecular formula is C14H17N3O3S. The SMILES string of the molecule is CCC(CC)(NC(=O)c1ccc2nc(N)sc2c1)C(=O)O. The summed E-state index contributed by atoms with van der Waals surface area (Å²) >= 11 is 1.29. The highest BCUT2D eigenvalue weighted by Gasteiger charge is 2.36. The highest BCUT2D eigenvalue weighted by atomic mass is 32.1. The van der Waals surface area contributed by atoms with Crippen LogP contribution < -0.4 is 11.1 Å². The number of aliphatic carboxylic acids is 1. The van der Waals surface area contributed by atoms with Crippen molar-refractivity contribution >= 4 is 38.6 Å². The maximum absolute atomic E-state index is 12.3. The lowest BCUT2D eigenvalue weighted by Crippen LogP contribution is -2.53. The molecule has 2 aromatic rings. The van der Waals surface area contributed by atoms with Gasteiger partial charge in [0, 0.05) is 5.56 Å². The molecule has 0 fully saturated rings. The molecule has 2 rings (SSSR count). The molecule has 4 N–H and O–H groups in total. The number of anilines is 1. The molecule has 6 nitrogen and oxygen atoms in total. The van der Waals surface area contributed by atoms with E-state index in [1.165, 1.54) is 11.3 Å². The van der Waals surface area contributed by atoms with Crippen LogP contribution in [0.25, 0.3) is 10.2 Å². The molecular weight excluding hydrogens is 290 g/mol. The number of thiazole rings is 1. The van der Waals surface area contributed by atoms with E-state index in [0.29, 0.717) is 23.5 Å². The molecule has 0 saturated heterocycles. The van der Waals surface area contributed by atoms with Gasteiger partial charge in [0.25, 0.3) is 5.91 Å². The Morgan fingerprint density at radius 3 is 2.62 bits per heavy atom. The number of fused-ring (bicyclic) bond motifs is 1. The fourth-order valence-electron chi connectivity index (χ4n) is 2.16. The zero-order chi connectivity index (χ0) is 15.6. The Morgan fingerprint density at radius 2 is 2.05 bits per heavy atom. The summed E-state index contributed by atoms with van der Waals surface area (Å²) in [5.74, 6) is -1.43. The molecule has 7 heteroatoms. The first-order valence-corrected chi connectivity index (χ1v) is 7.45. The second-order valence-corrected chi connectivity index (χ2v) is 5.85. The summed E-state index contributed by atoms with van der Waals surface area (Å²) < 4.78 is 0.800. The van der Waals surface area contributed by atoms with Crippen molar-refractivity contribution in [2.24, 2.45) is 0 Å². The Hall–Kier alpha value is -2.15. The summed E-state index contributed by atoms with van der Waals surface area (Å²) in [5.41, 5.74) is 5.52. The Balaban J connectivity index is 2.31. The smallest absolute Gasteiger partial charge is 0.329 e. The number of nitrogens with zero attached hydrogens (tertiary/aromatic N) is 1. The summed E-state index contributed by atoms with van der Waals surface area (Å²) in [4.78, 5) is 27.9. The molecule has 112 valence electrons. The number of hydrogen-bond acceptors (Lipinski definition) is 5. The maximum atomic E-state index is 12.3. The Kier molecular flexibility index (Phi) is 4.13. The van der Waals surface area contributed by atoms with E-state index in [0.717, 1.165) is 10.2 Å². The molecule has 0 saturated carbocycles. The van der Waals surface area contributed by atoms with Crippen molar-refractivity contribution in [3.8, 4) is 0 Å². The van der Waals surface area contributed by atoms with Gasteiger partial charge in [-0.3, -0.25) is 4.79 Å². The average Bonchev–Trinajstić information content (AvgIpc) is 2.83. The van der Waals surface area contributed by atoms with E-state index in [1.807, 2.05) is 0 Å². The van der Waals surface area contributed by atoms with Crippen LogP contribution in [0.1, 0.15) is 37.0 Å². The molecule has 0 spiro atoms. The predicted octanol–water partition coefficient (Wildman–Crippen LogP) is 2.25. The molecule has 0 aliphatic heterocycles. The maximum Gasteiger partial charge on any atom is 0.329 e. The topological polar surface area (TPSA) is 105 Å². The lowest BCUT2D eigenvalue weighted by Gasteiger charge is -2.28. The molecule has 1 heterocycles. The molecule has 0 aliphatic rings. The van der Waals surface area contributed by atoms with Crippen LogP contribution in [0.5, 0.6) is 0 Å². The highest BCUT2D eigenvalue weighted by Crippen LogP contribution is 2.25. The monoisotopic (exact) mass is 307 g/mol. The summed E-state index contributed by atoms with van der Waals surface area (Å²) in [6.45, 7) is 3.48. The lowest BCUT2D eigenvalue weighted by molar-refractivity contribution is -0.144. The molecule has 0 bridgehead atoms. The largest absolute Gasteiger partial charge is 0.480 e. The van der Waals surface area contributed by atoms with Crippen molar-refractivity contribution in [2.45, 2.75) is 32.2 Å². The van der Waals surface area contributed by atoms with Crippen LogP contribution in [0.3, 0.4) is 0 Å². The zero-order valence-corrected chi connectivity index (χ0v) is 12.7. The van der Waals surface area contributed by atoms with E-state index in [-0.39, 0.29) is 0 Å². The first-order chi connectivity index (χ1) is 9.91. The number of hydrogen-bond donors (Lipinski definition) is 3. The Bertz CT molecular complexity index is 692. The highest BCUT2D eigenvalue weighted by molar-refractivity contribution is 7.22. The number of carbonyl (C=O) groups is 2. The number of aromatic nitrogens is 1. The third kappa shape index (κ3) is 2.82. The molecule has 1 amide bonds. The van der Waals surface area contributed by atoms with Crippen LogP contribution in [0.2, 0.25) is 0 Å². The molecule has 21 heavy (non-hydrogen) atoms. The van der Waals surface area contributed by atoms with Gasteiger partial charge in [-0.2, -0.15) is 0 Å². The van der Waals surface area contributed by atoms with E-state index >= 15 is 0 Å². The van der Waals surface area contributed by atoms with Crippen LogP contribution in [-0.4, -0.2) is 27.5 Å². The van der Waals surface area contributed by atoms with Crippen LogP contribution in [-0.2, 0) is 4.79 Å². The Morgan fingerprint density at radius 1 is 1.38 bits per heavy atom. The number of nitrogen functional groups attached to an aromatic ring is 1. The second-order valence-electron chi connectivity index (χ2n) is 4.78. The molecule has 0 atom stereocenters. The van der Waals surface area contributed by atoms with Crippen LogP contribution in [0.15, 0.2) is 18.2 Å². The Labute approximate surface area is 126 Å². The molecule has 1 aromatic carbocycles. The van der Waals surface area contributed by atoms with Crippen molar-refractivity contribution in [3.05, 3.63) is 23.8 Å². The van der Waals surface area contributed by atoms with Gasteiger partial charge in [0.2, 0.25) is 0 Å². The number of carbonyl (C=O) groups excluding carboxylic acids is 1. The fraction of sp³-hybridized carbons (Fsp3) is 0.357. The number of rotatable bonds is 5. The third-order valence-corrected chi connectivity index (χ3v) is 4.48. The number of benzene rings is 1. The zero-order valence-electron chi connectivity index (χ0n) is 11.8. The van der Waals surface area contributed by atoms with Gasteiger partial charge in [-0.05, 0) is 31.0 Å². The minimum Gasteiger partial charge on any atom is -0.480 e. The second kappa shape index (κ2) is 5.69. The number of carboxylic acids is 1. The van der Waals surface area contributed by atoms with Crippen molar-refractivity contribution in [1.82, 2.24) is 10.3 Å². The fourth-order valence-corrected chi connectivity index (χ4v) is 2.93. The van der Waals surface area contributed by atoms with Gasteiger partial charge >= 0.3 is 5.97 Å². The van der Waals surface area contributed by atoms with Gasteiger partial charge in [0.05, 0.1) is 10.2 Å². The standard InChI is InChI=1S/C14H17N3O3S/c1-3-14(4-2,12(19)20)17-11(18)8-5-6-9-10(7-8)21-13(15)16-9/h5-7H,3-4H2,1-2H3,(H2,15,16)(H,17,18)(H,19,20). The van der Waals surface area contributed by atoms with Gasteiger partial charge in [0.15, 0.2) is 5.13 Å². The van der Waals surface area contributed by atoms with E-state index in [9.17, 15) is 14.7 Å². The van der Waals surface area contributed by atoms with Crippen molar-refractivity contribution in [1.29, 1.82) is 0 Å². The number of carboxylic acid groups (broad SMARTS) is 1. The van der Waals surface area contributed by atoms with Gasteiger partial charge in [-0.25, -0.2) is 9.78 Å². The summed E-state index contributed by atoms with van der Waals surface area (Å²) in [6.07, 6.45) is 0.640. The predicted molar refractivity (Wildman–Crippen MR) is 82.4 cm³/mol. The minimum absolute atomic E-state index is 0.320. The van der Waals surface area contributed by atoms with E-state index in [1.54, 1.807) is 32.0 Å². The molecule has 1 aromatic heterocycles. The van der Waals surface area contributed by atoms with E-state index in [4.69, 9.17) is 5.73 Å². The van der Waals surface area contributed by atoms with Gasteiger partial charge in [0.1, 0.15) is 5.54 Å². The summed E-state index contributed by atoms with van der Waals surface area (Å²) in [5, 5.41) is 12.4. The van der Waals surface area contributed by atoms with Gasteiger partial charge < -0.3 is 16.2 Å². The van der Waals surface area contributed by atoms with Crippen LogP contribution in [0, 0.1) is 0 Å². The number of amides is 1. The third-order valence-electron chi connectivity index (χ3n) is 3.64. The van der Waals surface area contributed by atoms with E-state index in [2.05, 4.69) is 10.3 Å². The first kappa shape index (κ1) is 15.2. The first-order valence-electron chi connectivity index (χ1n) is 6.64. The average molecular weight is 307 g/mol. The van der Waals surface area contributed by atoms with Crippen molar-refractivity contribution in [2.75, 3.05) is 5.73 Å². The van der Waals surface area contributed by atoms with Crippen molar-refractivity contribution in [3.63, 3.8) is 0 Å². The normalized spacial score (nSPS) is 11.5. The number of nitrogens with one attached hydrogen (secondary N) is 1. The summed E-state index contributed by atoms with van der Waals surface area (Å²) in [7, 11) is 0. The summed E-state index contributed by atoms with van der Waals surface area (Å²) in [6, 6.07) is 5.00. The lowest BCUT2D eigenvalue weighted by atomic mass is 9.92. The van der Waals surface area contributed by atoms with Crippen LogP contribution >= 0.6 is 11.3 Å². The quantitative estimate of drug-likeness (QED) is 0.785.